The molecule has 0 amide bonds. The summed E-state index contributed by atoms with van der Waals surface area (Å²) in [4.78, 5) is 11.1. The van der Waals surface area contributed by atoms with E-state index >= 15 is 0 Å². The van der Waals surface area contributed by atoms with Crippen molar-refractivity contribution in [1.29, 1.82) is 0 Å². The lowest BCUT2D eigenvalue weighted by Gasteiger charge is -2.05. The van der Waals surface area contributed by atoms with Crippen LogP contribution in [-0.4, -0.2) is 39.4 Å². The maximum absolute atomic E-state index is 11.1. The van der Waals surface area contributed by atoms with Crippen LogP contribution >= 0.6 is 0 Å². The predicted octanol–water partition coefficient (Wildman–Crippen LogP) is 2.40. The predicted molar refractivity (Wildman–Crippen MR) is 88.1 cm³/mol. The monoisotopic (exact) mass is 313 g/mol. The minimum Gasteiger partial charge on any atom is -0.468 e. The second-order valence-corrected chi connectivity index (χ2v) is 4.31. The number of carbonyl (C=O) groups is 1. The first-order valence-electron chi connectivity index (χ1n) is 7.36. The van der Waals surface area contributed by atoms with Crippen LogP contribution in [0.3, 0.4) is 0 Å². The van der Waals surface area contributed by atoms with Crippen molar-refractivity contribution < 1.29 is 9.53 Å². The maximum Gasteiger partial charge on any atom is 0.325 e. The lowest BCUT2D eigenvalue weighted by molar-refractivity contribution is -0.138. The summed E-state index contributed by atoms with van der Waals surface area (Å²) in [6.45, 7) is 4.05. The number of aromatic nitrogens is 4. The largest absolute Gasteiger partial charge is 0.468 e. The highest BCUT2D eigenvalue weighted by molar-refractivity contribution is 5.74. The SMILES string of the molecule is CC.COC(=O)CNc1ccc2nnc(-c3ccccc3)n2n1. The molecule has 0 aliphatic rings. The summed E-state index contributed by atoms with van der Waals surface area (Å²) < 4.78 is 6.21. The number of carbonyl (C=O) groups excluding carboxylic acids is 1. The Morgan fingerprint density at radius 3 is 2.57 bits per heavy atom. The van der Waals surface area contributed by atoms with Crippen LogP contribution < -0.4 is 5.32 Å². The molecule has 0 saturated heterocycles. The minimum atomic E-state index is -0.357. The van der Waals surface area contributed by atoms with Gasteiger partial charge in [-0.1, -0.05) is 44.2 Å². The third-order valence-corrected chi connectivity index (χ3v) is 2.94. The summed E-state index contributed by atoms with van der Waals surface area (Å²) in [5, 5.41) is 15.5. The number of esters is 1. The first-order chi connectivity index (χ1) is 11.3. The first-order valence-corrected chi connectivity index (χ1v) is 7.36. The zero-order valence-electron chi connectivity index (χ0n) is 13.4. The van der Waals surface area contributed by atoms with Crippen LogP contribution in [0.1, 0.15) is 13.8 Å². The topological polar surface area (TPSA) is 81.4 Å². The Balaban J connectivity index is 0.000000924. The van der Waals surface area contributed by atoms with Crippen LogP contribution in [0, 0.1) is 0 Å². The average Bonchev–Trinajstić information content (AvgIpc) is 3.05. The molecule has 7 nitrogen and oxygen atoms in total. The molecule has 3 rings (SSSR count). The van der Waals surface area contributed by atoms with Crippen molar-refractivity contribution >= 4 is 17.4 Å². The second-order valence-electron chi connectivity index (χ2n) is 4.31. The number of methoxy groups -OCH3 is 1. The summed E-state index contributed by atoms with van der Waals surface area (Å²) in [6.07, 6.45) is 0. The Morgan fingerprint density at radius 1 is 1.13 bits per heavy atom. The Kier molecular flexibility index (Phi) is 5.62. The fraction of sp³-hybridized carbons (Fsp3) is 0.250. The van der Waals surface area contributed by atoms with Crippen LogP contribution in [0.4, 0.5) is 5.82 Å². The van der Waals surface area contributed by atoms with Gasteiger partial charge >= 0.3 is 5.97 Å². The lowest BCUT2D eigenvalue weighted by atomic mass is 10.2. The fourth-order valence-electron chi connectivity index (χ4n) is 1.89. The molecule has 120 valence electrons. The molecule has 0 aliphatic carbocycles. The van der Waals surface area contributed by atoms with Gasteiger partial charge in [0.05, 0.1) is 7.11 Å². The quantitative estimate of drug-likeness (QED) is 0.745. The van der Waals surface area contributed by atoms with Gasteiger partial charge in [0.2, 0.25) is 0 Å². The highest BCUT2D eigenvalue weighted by Crippen LogP contribution is 2.17. The van der Waals surface area contributed by atoms with Gasteiger partial charge in [0.1, 0.15) is 12.4 Å². The molecule has 0 radical (unpaired) electrons. The van der Waals surface area contributed by atoms with Crippen LogP contribution in [-0.2, 0) is 9.53 Å². The zero-order valence-corrected chi connectivity index (χ0v) is 13.4. The van der Waals surface area contributed by atoms with Gasteiger partial charge in [-0.15, -0.1) is 15.3 Å². The van der Waals surface area contributed by atoms with Crippen molar-refractivity contribution in [1.82, 2.24) is 19.8 Å². The minimum absolute atomic E-state index is 0.0534. The van der Waals surface area contributed by atoms with Crippen molar-refractivity contribution in [3.63, 3.8) is 0 Å². The number of benzene rings is 1. The van der Waals surface area contributed by atoms with Crippen LogP contribution in [0.2, 0.25) is 0 Å². The Hall–Kier alpha value is -2.96. The summed E-state index contributed by atoms with van der Waals surface area (Å²) in [5.41, 5.74) is 1.56. The van der Waals surface area contributed by atoms with Gasteiger partial charge in [-0.05, 0) is 12.1 Å². The number of rotatable bonds is 4. The van der Waals surface area contributed by atoms with E-state index in [2.05, 4.69) is 25.3 Å². The van der Waals surface area contributed by atoms with Gasteiger partial charge in [0.25, 0.3) is 0 Å². The molecule has 3 aromatic rings. The average molecular weight is 313 g/mol. The summed E-state index contributed by atoms with van der Waals surface area (Å²) in [6, 6.07) is 13.2. The Labute approximate surface area is 134 Å². The number of anilines is 1. The van der Waals surface area contributed by atoms with Crippen LogP contribution in [0.5, 0.6) is 0 Å². The highest BCUT2D eigenvalue weighted by atomic mass is 16.5. The lowest BCUT2D eigenvalue weighted by Crippen LogP contribution is -2.16. The maximum atomic E-state index is 11.1. The van der Waals surface area contributed by atoms with Gasteiger partial charge in [-0.2, -0.15) is 4.52 Å². The van der Waals surface area contributed by atoms with E-state index in [-0.39, 0.29) is 12.5 Å². The molecule has 0 unspecified atom stereocenters. The van der Waals surface area contributed by atoms with Crippen LogP contribution in [0.15, 0.2) is 42.5 Å². The molecule has 7 heteroatoms. The normalized spacial score (nSPS) is 9.87. The molecule has 0 atom stereocenters. The smallest absolute Gasteiger partial charge is 0.325 e. The Bertz CT molecular complexity index is 770. The van der Waals surface area contributed by atoms with E-state index in [0.29, 0.717) is 17.3 Å². The molecule has 0 spiro atoms. The zero-order chi connectivity index (χ0) is 16.7. The molecule has 2 heterocycles. The van der Waals surface area contributed by atoms with Crippen molar-refractivity contribution in [3.8, 4) is 11.4 Å². The molecule has 1 aromatic carbocycles. The van der Waals surface area contributed by atoms with Gasteiger partial charge < -0.3 is 10.1 Å². The summed E-state index contributed by atoms with van der Waals surface area (Å²) in [5.74, 6) is 0.834. The Morgan fingerprint density at radius 2 is 1.87 bits per heavy atom. The molecule has 0 bridgehead atoms. The molecule has 1 N–H and O–H groups in total. The van der Waals surface area contributed by atoms with Crippen molar-refractivity contribution in [2.45, 2.75) is 13.8 Å². The fourth-order valence-corrected chi connectivity index (χ4v) is 1.89. The number of ether oxygens (including phenoxy) is 1. The van der Waals surface area contributed by atoms with E-state index in [1.807, 2.05) is 44.2 Å². The van der Waals surface area contributed by atoms with Gasteiger partial charge in [0.15, 0.2) is 11.5 Å². The number of hydrogen-bond donors (Lipinski definition) is 1. The second kappa shape index (κ2) is 7.88. The molecular formula is C16H19N5O2. The number of fused-ring (bicyclic) bond motifs is 1. The number of nitrogens with one attached hydrogen (secondary N) is 1. The van der Waals surface area contributed by atoms with E-state index < -0.39 is 0 Å². The van der Waals surface area contributed by atoms with E-state index in [1.165, 1.54) is 7.11 Å². The van der Waals surface area contributed by atoms with Crippen molar-refractivity contribution in [2.75, 3.05) is 19.0 Å². The highest BCUT2D eigenvalue weighted by Gasteiger charge is 2.10. The van der Waals surface area contributed by atoms with Crippen molar-refractivity contribution in [3.05, 3.63) is 42.5 Å². The third-order valence-electron chi connectivity index (χ3n) is 2.94. The molecule has 0 fully saturated rings. The van der Waals surface area contributed by atoms with Gasteiger partial charge in [-0.25, -0.2) is 0 Å². The molecule has 23 heavy (non-hydrogen) atoms. The van der Waals surface area contributed by atoms with E-state index in [4.69, 9.17) is 0 Å². The van der Waals surface area contributed by atoms with Gasteiger partial charge in [-0.3, -0.25) is 4.79 Å². The molecular weight excluding hydrogens is 294 g/mol. The van der Waals surface area contributed by atoms with Crippen LogP contribution in [0.25, 0.3) is 17.0 Å². The molecule has 2 aromatic heterocycles. The number of nitrogens with zero attached hydrogens (tertiary/aromatic N) is 4. The standard InChI is InChI=1S/C14H13N5O2.C2H6/c1-21-13(20)9-15-11-7-8-12-16-17-14(19(12)18-11)10-5-3-2-4-6-10;1-2/h2-8H,9H2,1H3,(H,15,18);1-2H3. The van der Waals surface area contributed by atoms with E-state index in [9.17, 15) is 4.79 Å². The first kappa shape index (κ1) is 16.4. The number of hydrogen-bond acceptors (Lipinski definition) is 6. The van der Waals surface area contributed by atoms with E-state index in [1.54, 1.807) is 16.6 Å². The van der Waals surface area contributed by atoms with E-state index in [0.717, 1.165) is 5.56 Å². The molecule has 0 saturated carbocycles. The summed E-state index contributed by atoms with van der Waals surface area (Å²) in [7, 11) is 1.34. The molecule has 0 aliphatic heterocycles. The summed E-state index contributed by atoms with van der Waals surface area (Å²) >= 11 is 0. The third kappa shape index (κ3) is 3.82. The van der Waals surface area contributed by atoms with Crippen molar-refractivity contribution in [2.24, 2.45) is 0 Å². The van der Waals surface area contributed by atoms with Gasteiger partial charge in [0, 0.05) is 5.56 Å².